The van der Waals surface area contributed by atoms with Gasteiger partial charge in [-0.15, -0.1) is 11.8 Å². The predicted molar refractivity (Wildman–Crippen MR) is 144 cm³/mol. The smallest absolute Gasteiger partial charge is 0.358 e. The number of esters is 1. The van der Waals surface area contributed by atoms with E-state index in [-0.39, 0.29) is 23.2 Å². The number of hydrogen-bond acceptors (Lipinski definition) is 5. The summed E-state index contributed by atoms with van der Waals surface area (Å²) in [6.45, 7) is 15.6. The molecule has 34 heavy (non-hydrogen) atoms. The third-order valence-electron chi connectivity index (χ3n) is 6.72. The fourth-order valence-corrected chi connectivity index (χ4v) is 6.32. The molecule has 0 unspecified atom stereocenters. The topological polar surface area (TPSA) is 53.4 Å². The number of rotatable bonds is 10. The number of fused-ring (bicyclic) bond motifs is 1. The molecule has 0 aliphatic heterocycles. The van der Waals surface area contributed by atoms with Gasteiger partial charge in [-0.25, -0.2) is 9.78 Å². The summed E-state index contributed by atoms with van der Waals surface area (Å²) in [6, 6.07) is 15.0. The van der Waals surface area contributed by atoms with Crippen LogP contribution in [0.3, 0.4) is 0 Å². The Hall–Kier alpha value is -2.09. The first kappa shape index (κ1) is 26.5. The molecule has 5 nitrogen and oxygen atoms in total. The summed E-state index contributed by atoms with van der Waals surface area (Å²) in [5, 5.41) is 2.66. The Bertz CT molecular complexity index is 1100. The highest BCUT2D eigenvalue weighted by Crippen LogP contribution is 2.39. The number of ether oxygens (including phenoxy) is 1. The maximum absolute atomic E-state index is 12.2. The van der Waals surface area contributed by atoms with Gasteiger partial charge in [-0.2, -0.15) is 0 Å². The Morgan fingerprint density at radius 2 is 1.85 bits per heavy atom. The fraction of sp³-hybridized carbons (Fsp3) is 0.481. The summed E-state index contributed by atoms with van der Waals surface area (Å²) >= 11 is 1.87. The molecule has 1 aromatic heterocycles. The van der Waals surface area contributed by atoms with Gasteiger partial charge < -0.3 is 13.7 Å². The van der Waals surface area contributed by atoms with Crippen molar-refractivity contribution in [2.75, 3.05) is 12.4 Å². The first-order valence-electron chi connectivity index (χ1n) is 12.0. The van der Waals surface area contributed by atoms with Gasteiger partial charge in [-0.3, -0.25) is 0 Å². The van der Waals surface area contributed by atoms with Gasteiger partial charge in [-0.1, -0.05) is 57.2 Å². The Morgan fingerprint density at radius 1 is 1.15 bits per heavy atom. The summed E-state index contributed by atoms with van der Waals surface area (Å²) in [7, 11) is -1.96. The number of carbonyl (C=O) groups excluding carboxylic acids is 1. The van der Waals surface area contributed by atoms with Gasteiger partial charge in [0.2, 0.25) is 0 Å². The van der Waals surface area contributed by atoms with Crippen molar-refractivity contribution in [1.82, 2.24) is 9.55 Å². The van der Waals surface area contributed by atoms with Crippen LogP contribution in [0, 0.1) is 0 Å². The molecule has 2 aromatic carbocycles. The molecule has 0 aliphatic rings. The normalized spacial score (nSPS) is 14.2. The second-order valence-corrected chi connectivity index (χ2v) is 16.1. The van der Waals surface area contributed by atoms with Crippen LogP contribution >= 0.6 is 11.8 Å². The minimum Gasteiger partial charge on any atom is -0.461 e. The summed E-state index contributed by atoms with van der Waals surface area (Å²) in [6.07, 6.45) is 4.42. The van der Waals surface area contributed by atoms with Crippen LogP contribution in [0.25, 0.3) is 10.8 Å². The van der Waals surface area contributed by atoms with Crippen LogP contribution in [0.5, 0.6) is 0 Å². The molecule has 3 aromatic rings. The van der Waals surface area contributed by atoms with Crippen LogP contribution in [0.1, 0.15) is 57.6 Å². The van der Waals surface area contributed by atoms with Gasteiger partial charge in [0.1, 0.15) is 0 Å². The van der Waals surface area contributed by atoms with Crippen molar-refractivity contribution in [3.63, 3.8) is 0 Å². The highest BCUT2D eigenvalue weighted by Gasteiger charge is 2.40. The molecular weight excluding hydrogens is 460 g/mol. The zero-order valence-corrected chi connectivity index (χ0v) is 23.3. The van der Waals surface area contributed by atoms with Crippen LogP contribution in [-0.4, -0.2) is 42.3 Å². The molecule has 184 valence electrons. The van der Waals surface area contributed by atoms with Gasteiger partial charge >= 0.3 is 5.97 Å². The summed E-state index contributed by atoms with van der Waals surface area (Å²) < 4.78 is 14.0. The van der Waals surface area contributed by atoms with Crippen molar-refractivity contribution in [3.8, 4) is 0 Å². The molecule has 0 radical (unpaired) electrons. The van der Waals surface area contributed by atoms with E-state index in [1.54, 1.807) is 19.4 Å². The molecule has 0 fully saturated rings. The van der Waals surface area contributed by atoms with E-state index in [0.717, 1.165) is 12.2 Å². The average Bonchev–Trinajstić information content (AvgIpc) is 3.26. The molecule has 2 atom stereocenters. The molecule has 1 heterocycles. The summed E-state index contributed by atoms with van der Waals surface area (Å²) in [5.74, 6) is 0.541. The maximum atomic E-state index is 12.2. The Labute approximate surface area is 209 Å². The first-order chi connectivity index (χ1) is 16.0. The highest BCUT2D eigenvalue weighted by atomic mass is 32.2. The lowest BCUT2D eigenvalue weighted by molar-refractivity contribution is 0.0519. The van der Waals surface area contributed by atoms with Crippen LogP contribution < -0.4 is 0 Å². The number of imidazole rings is 1. The summed E-state index contributed by atoms with van der Waals surface area (Å²) in [4.78, 5) is 17.8. The standard InChI is InChI=1S/C27H38N2O3SSi/c1-8-31-26(30)23-18-29(19-28-23)24(20(2)32-34(6,7)27(3,4)5)16-17-33-25-15-11-13-21-12-9-10-14-22(21)25/h9-15,18-20,24H,8,16-17H2,1-7H3/t20-,24+/m0/s1. The Kier molecular flexibility index (Phi) is 8.65. The molecule has 0 amide bonds. The van der Waals surface area contributed by atoms with E-state index in [9.17, 15) is 4.79 Å². The Balaban J connectivity index is 1.80. The van der Waals surface area contributed by atoms with Crippen molar-refractivity contribution < 1.29 is 14.0 Å². The predicted octanol–water partition coefficient (Wildman–Crippen LogP) is 7.35. The number of carbonyl (C=O) groups is 1. The van der Waals surface area contributed by atoms with Gasteiger partial charge in [0.15, 0.2) is 14.0 Å². The molecule has 0 bridgehead atoms. The third kappa shape index (κ3) is 6.32. The molecule has 0 spiro atoms. The van der Waals surface area contributed by atoms with Crippen molar-refractivity contribution in [2.45, 2.75) is 76.2 Å². The fourth-order valence-electron chi connectivity index (χ4n) is 3.79. The van der Waals surface area contributed by atoms with Crippen LogP contribution in [0.15, 0.2) is 59.9 Å². The minimum atomic E-state index is -1.96. The van der Waals surface area contributed by atoms with Crippen molar-refractivity contribution in [3.05, 3.63) is 60.7 Å². The lowest BCUT2D eigenvalue weighted by atomic mass is 10.1. The maximum Gasteiger partial charge on any atom is 0.358 e. The molecule has 0 aliphatic carbocycles. The van der Waals surface area contributed by atoms with Gasteiger partial charge in [-0.05, 0) is 55.2 Å². The Morgan fingerprint density at radius 3 is 2.56 bits per heavy atom. The minimum absolute atomic E-state index is 0.0155. The van der Waals surface area contributed by atoms with E-state index >= 15 is 0 Å². The van der Waals surface area contributed by atoms with Crippen molar-refractivity contribution >= 4 is 36.8 Å². The van der Waals surface area contributed by atoms with E-state index in [2.05, 4.69) is 88.2 Å². The van der Waals surface area contributed by atoms with E-state index in [4.69, 9.17) is 9.16 Å². The quantitative estimate of drug-likeness (QED) is 0.166. The van der Waals surface area contributed by atoms with Crippen LogP contribution in [0.4, 0.5) is 0 Å². The molecule has 3 rings (SSSR count). The van der Waals surface area contributed by atoms with E-state index < -0.39 is 8.32 Å². The molecule has 0 saturated heterocycles. The van der Waals surface area contributed by atoms with E-state index in [0.29, 0.717) is 12.3 Å². The van der Waals surface area contributed by atoms with Crippen molar-refractivity contribution in [2.24, 2.45) is 0 Å². The lowest BCUT2D eigenvalue weighted by Gasteiger charge is -2.40. The largest absolute Gasteiger partial charge is 0.461 e. The molecular formula is C27H38N2O3SSi. The second kappa shape index (κ2) is 11.1. The highest BCUT2D eigenvalue weighted by molar-refractivity contribution is 7.99. The molecule has 0 saturated carbocycles. The SMILES string of the molecule is CCOC(=O)c1cn([C@H](CCSc2cccc3ccccc23)[C@H](C)O[Si](C)(C)C(C)(C)C)cn1. The summed E-state index contributed by atoms with van der Waals surface area (Å²) in [5.41, 5.74) is 0.341. The third-order valence-corrected chi connectivity index (χ3v) is 12.4. The first-order valence-corrected chi connectivity index (χ1v) is 15.9. The molecule has 7 heteroatoms. The zero-order valence-electron chi connectivity index (χ0n) is 21.5. The van der Waals surface area contributed by atoms with Gasteiger partial charge in [0.25, 0.3) is 0 Å². The van der Waals surface area contributed by atoms with Gasteiger partial charge in [0, 0.05) is 16.8 Å². The second-order valence-electron chi connectivity index (χ2n) is 10.2. The number of benzene rings is 2. The zero-order chi connectivity index (χ0) is 24.9. The monoisotopic (exact) mass is 498 g/mol. The van der Waals surface area contributed by atoms with E-state index in [1.165, 1.54) is 15.7 Å². The number of aromatic nitrogens is 2. The number of thioether (sulfide) groups is 1. The van der Waals surface area contributed by atoms with E-state index in [1.807, 2.05) is 16.3 Å². The average molecular weight is 499 g/mol. The van der Waals surface area contributed by atoms with Crippen LogP contribution in [0.2, 0.25) is 18.1 Å². The van der Waals surface area contributed by atoms with Gasteiger partial charge in [0.05, 0.1) is 25.1 Å². The molecule has 0 N–H and O–H groups in total. The number of hydrogen-bond donors (Lipinski definition) is 0. The lowest BCUT2D eigenvalue weighted by Crippen LogP contribution is -2.45. The number of nitrogens with zero attached hydrogens (tertiary/aromatic N) is 2. The van der Waals surface area contributed by atoms with Crippen LogP contribution in [-0.2, 0) is 9.16 Å². The van der Waals surface area contributed by atoms with Crippen molar-refractivity contribution in [1.29, 1.82) is 0 Å².